The first-order valence-electron chi connectivity index (χ1n) is 12.7. The third-order valence-electron chi connectivity index (χ3n) is 6.93. The van der Waals surface area contributed by atoms with Crippen molar-refractivity contribution in [1.82, 2.24) is 15.1 Å². The number of hydrogen-bond donors (Lipinski definition) is 1. The molecule has 3 amide bonds. The Morgan fingerprint density at radius 3 is 2.55 bits per heavy atom. The summed E-state index contributed by atoms with van der Waals surface area (Å²) in [6.07, 6.45) is -0.305. The first-order chi connectivity index (χ1) is 17.9. The van der Waals surface area contributed by atoms with Crippen LogP contribution in [0.2, 0.25) is 0 Å². The Bertz CT molecular complexity index is 1150. The molecular weight excluding hydrogens is 497 g/mol. The molecule has 3 aliphatic rings. The molecule has 0 radical (unpaired) electrons. The number of hydrogen-bond acceptors (Lipinski definition) is 7. The largest absolute Gasteiger partial charge is 0.464 e. The molecular formula is C27H34FN3O7. The number of rotatable bonds is 6. The van der Waals surface area contributed by atoms with Crippen LogP contribution in [0.4, 0.5) is 14.0 Å². The summed E-state index contributed by atoms with van der Waals surface area (Å²) >= 11 is 0. The molecule has 2 aliphatic heterocycles. The van der Waals surface area contributed by atoms with E-state index in [9.17, 15) is 23.6 Å². The molecule has 1 saturated heterocycles. The first-order valence-corrected chi connectivity index (χ1v) is 12.7. The molecule has 38 heavy (non-hydrogen) atoms. The van der Waals surface area contributed by atoms with Crippen molar-refractivity contribution in [3.63, 3.8) is 0 Å². The van der Waals surface area contributed by atoms with Crippen LogP contribution in [0.5, 0.6) is 0 Å². The summed E-state index contributed by atoms with van der Waals surface area (Å²) in [5.41, 5.74) is -0.927. The highest BCUT2D eigenvalue weighted by Crippen LogP contribution is 2.45. The van der Waals surface area contributed by atoms with Gasteiger partial charge in [-0.1, -0.05) is 18.2 Å². The lowest BCUT2D eigenvalue weighted by molar-refractivity contribution is -0.149. The van der Waals surface area contributed by atoms with Crippen molar-refractivity contribution >= 4 is 24.1 Å². The van der Waals surface area contributed by atoms with Gasteiger partial charge in [-0.05, 0) is 45.7 Å². The fourth-order valence-corrected chi connectivity index (χ4v) is 4.95. The molecule has 2 heterocycles. The number of likely N-dealkylation sites (tertiary alicyclic amines) is 1. The minimum atomic E-state index is -1.24. The molecule has 1 saturated carbocycles. The third-order valence-corrected chi connectivity index (χ3v) is 6.93. The van der Waals surface area contributed by atoms with Gasteiger partial charge in [0.2, 0.25) is 5.91 Å². The Morgan fingerprint density at radius 1 is 1.21 bits per heavy atom. The van der Waals surface area contributed by atoms with Gasteiger partial charge in [-0.3, -0.25) is 14.6 Å². The summed E-state index contributed by atoms with van der Waals surface area (Å²) in [6, 6.07) is 3.63. The predicted octanol–water partition coefficient (Wildman–Crippen LogP) is 3.28. The molecule has 0 aromatic heterocycles. The zero-order valence-electron chi connectivity index (χ0n) is 22.1. The van der Waals surface area contributed by atoms with Gasteiger partial charge in [-0.15, -0.1) is 6.58 Å². The monoisotopic (exact) mass is 531 g/mol. The topological polar surface area (TPSA) is 114 Å². The van der Waals surface area contributed by atoms with E-state index in [4.69, 9.17) is 14.2 Å². The number of ether oxygens (including phenoxy) is 3. The fourth-order valence-electron chi connectivity index (χ4n) is 4.95. The molecule has 0 unspecified atom stereocenters. The predicted molar refractivity (Wildman–Crippen MR) is 133 cm³/mol. The number of halogens is 1. The van der Waals surface area contributed by atoms with Crippen LogP contribution in [0.1, 0.15) is 51.7 Å². The van der Waals surface area contributed by atoms with Crippen molar-refractivity contribution in [2.45, 2.75) is 76.9 Å². The minimum Gasteiger partial charge on any atom is -0.464 e. The molecule has 1 aromatic carbocycles. The van der Waals surface area contributed by atoms with Crippen LogP contribution in [0.3, 0.4) is 0 Å². The lowest BCUT2D eigenvalue weighted by atomic mass is 10.1. The summed E-state index contributed by atoms with van der Waals surface area (Å²) in [7, 11) is 0. The van der Waals surface area contributed by atoms with Crippen LogP contribution >= 0.6 is 0 Å². The summed E-state index contributed by atoms with van der Waals surface area (Å²) in [6.45, 7) is 10.8. The number of benzene rings is 1. The van der Waals surface area contributed by atoms with Crippen LogP contribution in [-0.4, -0.2) is 70.3 Å². The molecule has 206 valence electrons. The molecule has 4 rings (SSSR count). The summed E-state index contributed by atoms with van der Waals surface area (Å²) in [5.74, 6) is -1.83. The first kappa shape index (κ1) is 27.4. The van der Waals surface area contributed by atoms with E-state index in [1.807, 2.05) is 0 Å². The summed E-state index contributed by atoms with van der Waals surface area (Å²) < 4.78 is 30.4. The maximum absolute atomic E-state index is 14.1. The van der Waals surface area contributed by atoms with Crippen LogP contribution in [-0.2, 0) is 36.9 Å². The van der Waals surface area contributed by atoms with Gasteiger partial charge >= 0.3 is 18.2 Å². The van der Waals surface area contributed by atoms with Gasteiger partial charge in [-0.2, -0.15) is 0 Å². The Morgan fingerprint density at radius 2 is 1.95 bits per heavy atom. The highest BCUT2D eigenvalue weighted by Gasteiger charge is 2.62. The van der Waals surface area contributed by atoms with Crippen molar-refractivity contribution in [2.75, 3.05) is 13.2 Å². The van der Waals surface area contributed by atoms with Gasteiger partial charge in [0.1, 0.15) is 29.1 Å². The van der Waals surface area contributed by atoms with E-state index in [1.165, 1.54) is 15.9 Å². The van der Waals surface area contributed by atoms with E-state index in [2.05, 4.69) is 11.9 Å². The van der Waals surface area contributed by atoms with Crippen LogP contribution in [0.25, 0.3) is 0 Å². The number of carbonyl (C=O) groups excluding carboxylic acids is 4. The maximum Gasteiger partial charge on any atom is 0.411 e. The Kier molecular flexibility index (Phi) is 7.40. The van der Waals surface area contributed by atoms with E-state index in [1.54, 1.807) is 45.9 Å². The Labute approximate surface area is 221 Å². The zero-order valence-corrected chi connectivity index (χ0v) is 22.1. The second kappa shape index (κ2) is 10.3. The van der Waals surface area contributed by atoms with Gasteiger partial charge in [0, 0.05) is 24.4 Å². The molecule has 10 nitrogen and oxygen atoms in total. The number of fused-ring (bicyclic) bond motifs is 1. The standard InChI is InChI=1S/C27H34FN3O7/c1-6-17-12-27(17,23(33)36-7-2)29-22(32)21-11-18(14-31(21)25(35)38-26(3,4)5)37-24(34)30-13-16-9-8-10-20(28)19(16)15-30/h6,8-10,17-18,21H,1,7,11-15H2,2-5H3,(H,29,32)/t17-,18-,21+,27-/m1/s1. The highest BCUT2D eigenvalue weighted by molar-refractivity contribution is 5.95. The molecule has 1 N–H and O–H groups in total. The lowest BCUT2D eigenvalue weighted by Crippen LogP contribution is -2.53. The molecule has 0 spiro atoms. The molecule has 4 atom stereocenters. The maximum atomic E-state index is 14.1. The molecule has 2 fully saturated rings. The van der Waals surface area contributed by atoms with Crippen molar-refractivity contribution in [3.8, 4) is 0 Å². The minimum absolute atomic E-state index is 0.00360. The second-order valence-corrected chi connectivity index (χ2v) is 10.9. The van der Waals surface area contributed by atoms with Crippen molar-refractivity contribution in [3.05, 3.63) is 47.8 Å². The Hall–Kier alpha value is -3.63. The fraction of sp³-hybridized carbons (Fsp3) is 0.556. The van der Waals surface area contributed by atoms with E-state index in [0.717, 1.165) is 0 Å². The molecule has 1 aromatic rings. The Balaban J connectivity index is 1.47. The van der Waals surface area contributed by atoms with Gasteiger partial charge in [0.25, 0.3) is 0 Å². The zero-order chi connectivity index (χ0) is 27.8. The summed E-state index contributed by atoms with van der Waals surface area (Å²) in [4.78, 5) is 54.6. The van der Waals surface area contributed by atoms with Crippen LogP contribution in [0, 0.1) is 11.7 Å². The number of nitrogens with one attached hydrogen (secondary N) is 1. The van der Waals surface area contributed by atoms with Crippen LogP contribution < -0.4 is 5.32 Å². The molecule has 1 aliphatic carbocycles. The van der Waals surface area contributed by atoms with Crippen molar-refractivity contribution in [1.29, 1.82) is 0 Å². The average Bonchev–Trinajstić information content (AvgIpc) is 3.15. The van der Waals surface area contributed by atoms with Gasteiger partial charge in [0.05, 0.1) is 19.7 Å². The molecule has 0 bridgehead atoms. The van der Waals surface area contributed by atoms with Crippen molar-refractivity contribution in [2.24, 2.45) is 5.92 Å². The number of carbonyl (C=O) groups is 4. The number of esters is 1. The highest BCUT2D eigenvalue weighted by atomic mass is 19.1. The number of nitrogens with zero attached hydrogens (tertiary/aromatic N) is 2. The lowest BCUT2D eigenvalue weighted by Gasteiger charge is -2.28. The second-order valence-electron chi connectivity index (χ2n) is 10.9. The van der Waals surface area contributed by atoms with Crippen molar-refractivity contribution < 1.29 is 37.8 Å². The number of amides is 3. The quantitative estimate of drug-likeness (QED) is 0.340. The van der Waals surface area contributed by atoms with E-state index < -0.39 is 47.3 Å². The average molecular weight is 532 g/mol. The SMILES string of the molecule is C=C[C@@H]1C[C@]1(NC(=O)[C@@H]1C[C@@H](OC(=O)N2Cc3cccc(F)c3C2)CN1C(=O)OC(C)(C)C)C(=O)OCC. The smallest absolute Gasteiger partial charge is 0.411 e. The van der Waals surface area contributed by atoms with Gasteiger partial charge < -0.3 is 19.5 Å². The van der Waals surface area contributed by atoms with Crippen LogP contribution in [0.15, 0.2) is 30.9 Å². The van der Waals surface area contributed by atoms with Gasteiger partial charge in [0.15, 0.2) is 0 Å². The summed E-state index contributed by atoms with van der Waals surface area (Å²) in [5, 5.41) is 2.76. The van der Waals surface area contributed by atoms with E-state index in [-0.39, 0.29) is 44.4 Å². The van der Waals surface area contributed by atoms with E-state index in [0.29, 0.717) is 17.5 Å². The molecule has 11 heteroatoms. The third kappa shape index (κ3) is 5.46. The van der Waals surface area contributed by atoms with E-state index >= 15 is 0 Å². The van der Waals surface area contributed by atoms with Gasteiger partial charge in [-0.25, -0.2) is 18.8 Å². The normalized spacial score (nSPS) is 25.9.